The largest absolute Gasteiger partial charge is 0.481 e. The second-order valence-corrected chi connectivity index (χ2v) is 9.94. The molecule has 0 aliphatic carbocycles. The molecule has 1 atom stereocenters. The van der Waals surface area contributed by atoms with Crippen molar-refractivity contribution in [1.29, 1.82) is 0 Å². The average Bonchev–Trinajstić information content (AvgIpc) is 2.81. The smallest absolute Gasteiger partial charge is 0.306 e. The number of rotatable bonds is 26. The van der Waals surface area contributed by atoms with Crippen LogP contribution < -0.4 is 0 Å². The maximum absolute atomic E-state index is 12.4. The first-order valence-corrected chi connectivity index (χ1v) is 14.7. The maximum Gasteiger partial charge on any atom is 0.306 e. The lowest BCUT2D eigenvalue weighted by Gasteiger charge is -2.18. The molecule has 1 unspecified atom stereocenters. The molecule has 4 nitrogen and oxygen atoms in total. The van der Waals surface area contributed by atoms with E-state index in [1.165, 1.54) is 70.6 Å². The minimum absolute atomic E-state index is 0.0156. The van der Waals surface area contributed by atoms with Crippen LogP contribution in [0.15, 0.2) is 12.2 Å². The number of unbranched alkanes of at least 4 members (excludes halogenated alkanes) is 15. The standard InChI is InChI=1S/C30H56O4/c1-3-5-7-9-10-11-16-19-23-27-30(33)34-28(24-20-8-6-4-2)25-21-17-14-12-13-15-18-22-26-29(31)32/h11,16,28H,3-10,12-15,17-27H2,1-2H3,(H,31,32)/b16-11-. The van der Waals surface area contributed by atoms with E-state index in [4.69, 9.17) is 9.84 Å². The topological polar surface area (TPSA) is 63.6 Å². The quantitative estimate of drug-likeness (QED) is 0.0760. The number of carbonyl (C=O) groups is 2. The van der Waals surface area contributed by atoms with Gasteiger partial charge < -0.3 is 9.84 Å². The fraction of sp³-hybridized carbons (Fsp3) is 0.867. The van der Waals surface area contributed by atoms with E-state index in [-0.39, 0.29) is 12.1 Å². The van der Waals surface area contributed by atoms with Gasteiger partial charge in [-0.05, 0) is 57.8 Å². The lowest BCUT2D eigenvalue weighted by atomic mass is 10.0. The number of ether oxygens (including phenoxy) is 1. The van der Waals surface area contributed by atoms with E-state index in [9.17, 15) is 9.59 Å². The molecule has 0 spiro atoms. The molecule has 0 aromatic heterocycles. The highest BCUT2D eigenvalue weighted by atomic mass is 16.5. The van der Waals surface area contributed by atoms with Gasteiger partial charge in [0.1, 0.15) is 6.10 Å². The highest BCUT2D eigenvalue weighted by Gasteiger charge is 2.14. The summed E-state index contributed by atoms with van der Waals surface area (Å²) < 4.78 is 5.88. The Bertz CT molecular complexity index is 486. The van der Waals surface area contributed by atoms with Crippen molar-refractivity contribution >= 4 is 11.9 Å². The molecule has 34 heavy (non-hydrogen) atoms. The van der Waals surface area contributed by atoms with Crippen LogP contribution in [0.3, 0.4) is 0 Å². The maximum atomic E-state index is 12.4. The van der Waals surface area contributed by atoms with Gasteiger partial charge in [0.05, 0.1) is 0 Å². The monoisotopic (exact) mass is 480 g/mol. The number of hydrogen-bond donors (Lipinski definition) is 1. The van der Waals surface area contributed by atoms with E-state index in [0.29, 0.717) is 12.8 Å². The van der Waals surface area contributed by atoms with E-state index in [1.54, 1.807) is 0 Å². The molecule has 0 saturated carbocycles. The molecule has 0 rings (SSSR count). The van der Waals surface area contributed by atoms with Crippen LogP contribution in [0.1, 0.15) is 162 Å². The van der Waals surface area contributed by atoms with Crippen LogP contribution in [-0.2, 0) is 14.3 Å². The third kappa shape index (κ3) is 25.3. The molecule has 0 radical (unpaired) electrons. The van der Waals surface area contributed by atoms with Crippen molar-refractivity contribution in [3.8, 4) is 0 Å². The Labute approximate surface area is 211 Å². The van der Waals surface area contributed by atoms with Crippen LogP contribution in [0.25, 0.3) is 0 Å². The van der Waals surface area contributed by atoms with E-state index >= 15 is 0 Å². The summed E-state index contributed by atoms with van der Waals surface area (Å²) in [6.07, 6.45) is 29.5. The minimum atomic E-state index is -0.685. The van der Waals surface area contributed by atoms with E-state index in [2.05, 4.69) is 26.0 Å². The zero-order valence-corrected chi connectivity index (χ0v) is 22.7. The molecule has 0 saturated heterocycles. The Hall–Kier alpha value is -1.32. The van der Waals surface area contributed by atoms with Crippen molar-refractivity contribution in [2.24, 2.45) is 0 Å². The number of carboxylic acids is 1. The average molecular weight is 481 g/mol. The predicted molar refractivity (Wildman–Crippen MR) is 144 cm³/mol. The molecule has 0 aromatic rings. The molecule has 0 amide bonds. The molecule has 0 aliphatic rings. The van der Waals surface area contributed by atoms with Crippen molar-refractivity contribution in [3.05, 3.63) is 12.2 Å². The molecule has 0 fully saturated rings. The van der Waals surface area contributed by atoms with Crippen LogP contribution in [0, 0.1) is 0 Å². The number of carbonyl (C=O) groups excluding carboxylic acids is 1. The van der Waals surface area contributed by atoms with Crippen molar-refractivity contribution < 1.29 is 19.4 Å². The lowest BCUT2D eigenvalue weighted by Crippen LogP contribution is -2.18. The third-order valence-electron chi connectivity index (χ3n) is 6.49. The molecule has 1 N–H and O–H groups in total. The highest BCUT2D eigenvalue weighted by molar-refractivity contribution is 5.69. The molecular formula is C30H56O4. The van der Waals surface area contributed by atoms with Gasteiger partial charge >= 0.3 is 11.9 Å². The number of esters is 1. The summed E-state index contributed by atoms with van der Waals surface area (Å²) in [5.41, 5.74) is 0. The van der Waals surface area contributed by atoms with Gasteiger partial charge in [0, 0.05) is 12.8 Å². The van der Waals surface area contributed by atoms with Crippen molar-refractivity contribution in [2.45, 2.75) is 168 Å². The molecule has 0 aliphatic heterocycles. The molecule has 0 heterocycles. The van der Waals surface area contributed by atoms with Gasteiger partial charge in [-0.2, -0.15) is 0 Å². The normalized spacial score (nSPS) is 12.3. The first-order valence-electron chi connectivity index (χ1n) is 14.7. The predicted octanol–water partition coefficient (Wildman–Crippen LogP) is 9.55. The fourth-order valence-electron chi connectivity index (χ4n) is 4.30. The van der Waals surface area contributed by atoms with E-state index in [1.807, 2.05) is 0 Å². The fourth-order valence-corrected chi connectivity index (χ4v) is 4.30. The van der Waals surface area contributed by atoms with Crippen molar-refractivity contribution in [2.75, 3.05) is 0 Å². The van der Waals surface area contributed by atoms with Gasteiger partial charge in [-0.1, -0.05) is 103 Å². The Kier molecular flexibility index (Phi) is 25.3. The first-order chi connectivity index (χ1) is 16.6. The van der Waals surface area contributed by atoms with E-state index < -0.39 is 5.97 Å². The third-order valence-corrected chi connectivity index (χ3v) is 6.49. The molecule has 0 aromatic carbocycles. The van der Waals surface area contributed by atoms with Gasteiger partial charge in [0.2, 0.25) is 0 Å². The summed E-state index contributed by atoms with van der Waals surface area (Å²) in [7, 11) is 0. The van der Waals surface area contributed by atoms with Crippen LogP contribution in [0.5, 0.6) is 0 Å². The zero-order chi connectivity index (χ0) is 25.1. The zero-order valence-electron chi connectivity index (χ0n) is 22.7. The lowest BCUT2D eigenvalue weighted by molar-refractivity contribution is -0.150. The summed E-state index contributed by atoms with van der Waals surface area (Å²) in [4.78, 5) is 22.9. The second-order valence-electron chi connectivity index (χ2n) is 9.94. The van der Waals surface area contributed by atoms with Gasteiger partial charge in [0.15, 0.2) is 0 Å². The summed E-state index contributed by atoms with van der Waals surface area (Å²) in [6.45, 7) is 4.46. The Morgan fingerprint density at radius 3 is 1.65 bits per heavy atom. The van der Waals surface area contributed by atoms with Crippen LogP contribution in [0.2, 0.25) is 0 Å². The number of aliphatic carboxylic acids is 1. The number of carboxylic acid groups (broad SMARTS) is 1. The number of hydrogen-bond acceptors (Lipinski definition) is 3. The summed E-state index contributed by atoms with van der Waals surface area (Å²) in [5.74, 6) is -0.701. The van der Waals surface area contributed by atoms with Gasteiger partial charge in [-0.25, -0.2) is 0 Å². The first kappa shape index (κ1) is 32.7. The van der Waals surface area contributed by atoms with Gasteiger partial charge in [0.25, 0.3) is 0 Å². The van der Waals surface area contributed by atoms with Gasteiger partial charge in [-0.15, -0.1) is 0 Å². The minimum Gasteiger partial charge on any atom is -0.481 e. The number of allylic oxidation sites excluding steroid dienone is 2. The molecule has 200 valence electrons. The summed E-state index contributed by atoms with van der Waals surface area (Å²) in [6, 6.07) is 0. The Morgan fingerprint density at radius 1 is 0.618 bits per heavy atom. The van der Waals surface area contributed by atoms with Crippen molar-refractivity contribution in [1.82, 2.24) is 0 Å². The Balaban J connectivity index is 3.95. The SMILES string of the molecule is CCCCCC/C=C\CCCC(=O)OC(CCCCCC)CCCCCCCCCCC(=O)O. The summed E-state index contributed by atoms with van der Waals surface area (Å²) >= 11 is 0. The van der Waals surface area contributed by atoms with Gasteiger partial charge in [-0.3, -0.25) is 9.59 Å². The Morgan fingerprint density at radius 2 is 1.09 bits per heavy atom. The highest BCUT2D eigenvalue weighted by Crippen LogP contribution is 2.18. The molecule has 4 heteroatoms. The molecule has 0 bridgehead atoms. The second kappa shape index (κ2) is 26.3. The van der Waals surface area contributed by atoms with Crippen molar-refractivity contribution in [3.63, 3.8) is 0 Å². The van der Waals surface area contributed by atoms with Crippen LogP contribution >= 0.6 is 0 Å². The molecular weight excluding hydrogens is 424 g/mol. The van der Waals surface area contributed by atoms with E-state index in [0.717, 1.165) is 64.2 Å². The summed E-state index contributed by atoms with van der Waals surface area (Å²) in [5, 5.41) is 8.66. The van der Waals surface area contributed by atoms with Crippen LogP contribution in [0.4, 0.5) is 0 Å². The van der Waals surface area contributed by atoms with Crippen LogP contribution in [-0.4, -0.2) is 23.1 Å².